The molecule has 4 N–H and O–H groups in total. The van der Waals surface area contributed by atoms with Crippen LogP contribution in [0.3, 0.4) is 0 Å². The summed E-state index contributed by atoms with van der Waals surface area (Å²) in [6.45, 7) is 0. The molecule has 1 amide bonds. The Labute approximate surface area is 182 Å². The third-order valence-corrected chi connectivity index (χ3v) is 6.85. The van der Waals surface area contributed by atoms with Gasteiger partial charge in [-0.25, -0.2) is 23.1 Å². The van der Waals surface area contributed by atoms with Crippen molar-refractivity contribution in [2.75, 3.05) is 11.6 Å². The monoisotopic (exact) mass is 447 g/mol. The molecule has 10 heteroatoms. The van der Waals surface area contributed by atoms with E-state index in [2.05, 4.69) is 25.3 Å². The molecule has 4 rings (SSSR count). The Morgan fingerprint density at radius 1 is 1.10 bits per heavy atom. The second kappa shape index (κ2) is 9.05. The van der Waals surface area contributed by atoms with E-state index < -0.39 is 16.1 Å². The fourth-order valence-corrected chi connectivity index (χ4v) is 5.35. The number of amides is 1. The molecule has 2 fully saturated rings. The molecule has 0 aliphatic heterocycles. The second-order valence-electron chi connectivity index (χ2n) is 8.60. The van der Waals surface area contributed by atoms with Crippen molar-refractivity contribution in [3.8, 4) is 0 Å². The van der Waals surface area contributed by atoms with Crippen LogP contribution in [-0.2, 0) is 10.0 Å². The number of hydrogen-bond donors (Lipinski definition) is 4. The highest BCUT2D eigenvalue weighted by Gasteiger charge is 2.28. The molecule has 2 saturated carbocycles. The summed E-state index contributed by atoms with van der Waals surface area (Å²) in [5.41, 5.74) is 1.03. The molecule has 2 aliphatic rings. The Balaban J connectivity index is 1.45. The van der Waals surface area contributed by atoms with Crippen LogP contribution in [0.4, 0.5) is 5.95 Å². The van der Waals surface area contributed by atoms with Crippen molar-refractivity contribution in [2.24, 2.45) is 0 Å². The maximum absolute atomic E-state index is 12.9. The summed E-state index contributed by atoms with van der Waals surface area (Å²) in [5, 5.41) is 17.1. The quantitative estimate of drug-likeness (QED) is 0.528. The van der Waals surface area contributed by atoms with Crippen molar-refractivity contribution in [1.29, 1.82) is 0 Å². The number of aliphatic hydroxyl groups excluding tert-OH is 1. The molecule has 2 aromatic rings. The van der Waals surface area contributed by atoms with Gasteiger partial charge < -0.3 is 15.7 Å². The van der Waals surface area contributed by atoms with Gasteiger partial charge in [-0.05, 0) is 51.0 Å². The van der Waals surface area contributed by atoms with Crippen LogP contribution in [0, 0.1) is 0 Å². The number of carbonyl (C=O) groups is 1. The van der Waals surface area contributed by atoms with Gasteiger partial charge in [0, 0.05) is 23.7 Å². The first-order valence-electron chi connectivity index (χ1n) is 10.8. The van der Waals surface area contributed by atoms with Gasteiger partial charge in [0.25, 0.3) is 5.91 Å². The average Bonchev–Trinajstić information content (AvgIpc) is 3.12. The average molecular weight is 448 g/mol. The van der Waals surface area contributed by atoms with Gasteiger partial charge in [0.1, 0.15) is 0 Å². The van der Waals surface area contributed by atoms with E-state index in [1.165, 1.54) is 6.26 Å². The lowest BCUT2D eigenvalue weighted by atomic mass is 9.92. The Morgan fingerprint density at radius 2 is 1.84 bits per heavy atom. The first kappa shape index (κ1) is 21.9. The van der Waals surface area contributed by atoms with Crippen molar-refractivity contribution >= 4 is 32.8 Å². The third kappa shape index (κ3) is 5.50. The topological polar surface area (TPSA) is 133 Å². The first-order valence-corrected chi connectivity index (χ1v) is 12.7. The third-order valence-electron chi connectivity index (χ3n) is 6.09. The van der Waals surface area contributed by atoms with Gasteiger partial charge in [-0.3, -0.25) is 4.79 Å². The maximum Gasteiger partial charge on any atom is 0.253 e. The number of hydrogen-bond acceptors (Lipinski definition) is 7. The zero-order valence-corrected chi connectivity index (χ0v) is 18.4. The Bertz CT molecular complexity index is 1050. The number of aromatic nitrogens is 2. The van der Waals surface area contributed by atoms with E-state index in [-0.39, 0.29) is 24.0 Å². The van der Waals surface area contributed by atoms with Crippen LogP contribution in [-0.4, -0.2) is 59.9 Å². The number of rotatable bonds is 6. The SMILES string of the molecule is CS(=O)(=O)NC1CCC(Nc2ncc3cccc(C(=O)N[C@@H]4CCC[C@H]4O)c3n2)CC1. The van der Waals surface area contributed by atoms with Crippen LogP contribution in [0.5, 0.6) is 0 Å². The molecule has 2 aliphatic carbocycles. The number of nitrogens with one attached hydrogen (secondary N) is 3. The standard InChI is InChI=1S/C21H29N5O4S/c1-31(29,30)26-15-10-8-14(9-11-15)23-21-22-12-13-4-2-5-16(19(13)25-21)20(28)24-17-6-3-7-18(17)27/h2,4-5,12,14-15,17-18,26-27H,3,6-11H2,1H3,(H,24,28)(H,22,23,25)/t14?,15?,17-,18-/m1/s1. The summed E-state index contributed by atoms with van der Waals surface area (Å²) in [7, 11) is -3.20. The minimum absolute atomic E-state index is 0.0354. The van der Waals surface area contributed by atoms with Gasteiger partial charge in [0.15, 0.2) is 0 Å². The van der Waals surface area contributed by atoms with Crippen LogP contribution in [0.1, 0.15) is 55.3 Å². The molecule has 168 valence electrons. The van der Waals surface area contributed by atoms with E-state index in [9.17, 15) is 18.3 Å². The zero-order valence-electron chi connectivity index (χ0n) is 17.5. The number of benzene rings is 1. The molecule has 0 unspecified atom stereocenters. The van der Waals surface area contributed by atoms with Crippen molar-refractivity contribution in [2.45, 2.75) is 69.2 Å². The zero-order chi connectivity index (χ0) is 22.0. The summed E-state index contributed by atoms with van der Waals surface area (Å²) >= 11 is 0. The normalized spacial score (nSPS) is 26.6. The molecule has 2 atom stereocenters. The van der Waals surface area contributed by atoms with E-state index >= 15 is 0 Å². The van der Waals surface area contributed by atoms with Gasteiger partial charge >= 0.3 is 0 Å². The van der Waals surface area contributed by atoms with Crippen molar-refractivity contribution in [1.82, 2.24) is 20.0 Å². The van der Waals surface area contributed by atoms with Gasteiger partial charge in [-0.2, -0.15) is 0 Å². The van der Waals surface area contributed by atoms with E-state index in [1.807, 2.05) is 6.07 Å². The summed E-state index contributed by atoms with van der Waals surface area (Å²) in [6.07, 6.45) is 7.86. The van der Waals surface area contributed by atoms with Gasteiger partial charge in [0.2, 0.25) is 16.0 Å². The van der Waals surface area contributed by atoms with E-state index in [1.54, 1.807) is 18.3 Å². The Hall–Kier alpha value is -2.30. The molecular formula is C21H29N5O4S. The summed E-state index contributed by atoms with van der Waals surface area (Å²) in [5.74, 6) is 0.210. The first-order chi connectivity index (χ1) is 14.8. The van der Waals surface area contributed by atoms with Gasteiger partial charge in [0.05, 0.1) is 29.5 Å². The predicted octanol–water partition coefficient (Wildman–Crippen LogP) is 1.55. The molecule has 1 heterocycles. The number of carbonyl (C=O) groups excluding carboxylic acids is 1. The van der Waals surface area contributed by atoms with Gasteiger partial charge in [-0.15, -0.1) is 0 Å². The number of sulfonamides is 1. The van der Waals surface area contributed by atoms with Crippen molar-refractivity contribution < 1.29 is 18.3 Å². The lowest BCUT2D eigenvalue weighted by molar-refractivity contribution is 0.0874. The number of para-hydroxylation sites is 1. The minimum Gasteiger partial charge on any atom is -0.391 e. The van der Waals surface area contributed by atoms with Crippen LogP contribution >= 0.6 is 0 Å². The number of aliphatic hydroxyl groups is 1. The molecule has 1 aromatic carbocycles. The molecule has 0 bridgehead atoms. The number of fused-ring (bicyclic) bond motifs is 1. The van der Waals surface area contributed by atoms with Crippen LogP contribution in [0.15, 0.2) is 24.4 Å². The van der Waals surface area contributed by atoms with Crippen LogP contribution in [0.25, 0.3) is 10.9 Å². The summed E-state index contributed by atoms with van der Waals surface area (Å²) < 4.78 is 25.5. The Morgan fingerprint density at radius 3 is 2.52 bits per heavy atom. The molecule has 0 saturated heterocycles. The van der Waals surface area contributed by atoms with Gasteiger partial charge in [-0.1, -0.05) is 12.1 Å². The van der Waals surface area contributed by atoms with E-state index in [4.69, 9.17) is 0 Å². The molecule has 31 heavy (non-hydrogen) atoms. The van der Waals surface area contributed by atoms with Crippen molar-refractivity contribution in [3.63, 3.8) is 0 Å². The minimum atomic E-state index is -3.20. The highest BCUT2D eigenvalue weighted by Crippen LogP contribution is 2.24. The lowest BCUT2D eigenvalue weighted by Gasteiger charge is -2.29. The maximum atomic E-state index is 12.9. The van der Waals surface area contributed by atoms with E-state index in [0.29, 0.717) is 23.4 Å². The predicted molar refractivity (Wildman–Crippen MR) is 118 cm³/mol. The fourth-order valence-electron chi connectivity index (χ4n) is 4.50. The van der Waals surface area contributed by atoms with E-state index in [0.717, 1.165) is 43.9 Å². The highest BCUT2D eigenvalue weighted by molar-refractivity contribution is 7.88. The molecule has 0 spiro atoms. The largest absolute Gasteiger partial charge is 0.391 e. The lowest BCUT2D eigenvalue weighted by Crippen LogP contribution is -2.40. The molecule has 9 nitrogen and oxygen atoms in total. The molecule has 1 aromatic heterocycles. The summed E-state index contributed by atoms with van der Waals surface area (Å²) in [6, 6.07) is 5.28. The molecular weight excluding hydrogens is 418 g/mol. The number of anilines is 1. The van der Waals surface area contributed by atoms with Crippen LogP contribution < -0.4 is 15.4 Å². The number of nitrogens with zero attached hydrogens (tertiary/aromatic N) is 2. The summed E-state index contributed by atoms with van der Waals surface area (Å²) in [4.78, 5) is 21.8. The second-order valence-corrected chi connectivity index (χ2v) is 10.4. The van der Waals surface area contributed by atoms with Crippen LogP contribution in [0.2, 0.25) is 0 Å². The smallest absolute Gasteiger partial charge is 0.253 e. The Kier molecular flexibility index (Phi) is 6.40. The fraction of sp³-hybridized carbons (Fsp3) is 0.571. The highest BCUT2D eigenvalue weighted by atomic mass is 32.2. The van der Waals surface area contributed by atoms with Crippen molar-refractivity contribution in [3.05, 3.63) is 30.0 Å². The molecule has 0 radical (unpaired) electrons.